The maximum Gasteiger partial charge on any atom is 0.311 e. The number of hydrogen-bond acceptors (Lipinski definition) is 5. The standard InChI is InChI=1S/C10H14N4O2/c15-14(16)9-3-1-5-12-10(9)13-7-2-4-11-6-8-13/h1,3,5,11H,2,4,6-8H2. The van der Waals surface area contributed by atoms with Gasteiger partial charge in [-0.05, 0) is 19.0 Å². The highest BCUT2D eigenvalue weighted by Gasteiger charge is 2.20. The SMILES string of the molecule is O=[N+]([O-])c1cccnc1N1CCCNCC1. The van der Waals surface area contributed by atoms with Gasteiger partial charge in [-0.25, -0.2) is 4.98 Å². The van der Waals surface area contributed by atoms with Gasteiger partial charge in [-0.15, -0.1) is 0 Å². The number of rotatable bonds is 2. The third-order valence-electron chi connectivity index (χ3n) is 2.60. The maximum absolute atomic E-state index is 10.9. The predicted octanol–water partition coefficient (Wildman–Crippen LogP) is 0.789. The summed E-state index contributed by atoms with van der Waals surface area (Å²) >= 11 is 0. The fourth-order valence-corrected chi connectivity index (χ4v) is 1.83. The average Bonchev–Trinajstić information content (AvgIpc) is 2.57. The molecule has 0 saturated carbocycles. The van der Waals surface area contributed by atoms with Crippen molar-refractivity contribution in [1.29, 1.82) is 0 Å². The van der Waals surface area contributed by atoms with E-state index in [0.717, 1.165) is 32.6 Å². The number of nitro groups is 1. The summed E-state index contributed by atoms with van der Waals surface area (Å²) in [6, 6.07) is 3.10. The topological polar surface area (TPSA) is 71.3 Å². The lowest BCUT2D eigenvalue weighted by molar-refractivity contribution is -0.384. The fraction of sp³-hybridized carbons (Fsp3) is 0.500. The molecule has 6 heteroatoms. The molecule has 0 atom stereocenters. The minimum absolute atomic E-state index is 0.0874. The highest BCUT2D eigenvalue weighted by atomic mass is 16.6. The van der Waals surface area contributed by atoms with Gasteiger partial charge < -0.3 is 10.2 Å². The van der Waals surface area contributed by atoms with Crippen molar-refractivity contribution < 1.29 is 4.92 Å². The largest absolute Gasteiger partial charge is 0.350 e. The lowest BCUT2D eigenvalue weighted by atomic mass is 10.3. The number of hydrogen-bond donors (Lipinski definition) is 1. The van der Waals surface area contributed by atoms with Crippen molar-refractivity contribution in [3.05, 3.63) is 28.4 Å². The van der Waals surface area contributed by atoms with Crippen molar-refractivity contribution in [3.8, 4) is 0 Å². The van der Waals surface area contributed by atoms with Crippen LogP contribution in [0.5, 0.6) is 0 Å². The van der Waals surface area contributed by atoms with Gasteiger partial charge in [0.05, 0.1) is 4.92 Å². The Balaban J connectivity index is 2.27. The molecule has 1 N–H and O–H groups in total. The molecule has 1 aliphatic rings. The third-order valence-corrected chi connectivity index (χ3v) is 2.60. The lowest BCUT2D eigenvalue weighted by Crippen LogP contribution is -2.29. The van der Waals surface area contributed by atoms with Gasteiger partial charge >= 0.3 is 5.69 Å². The summed E-state index contributed by atoms with van der Waals surface area (Å²) < 4.78 is 0. The highest BCUT2D eigenvalue weighted by Crippen LogP contribution is 2.24. The number of aromatic nitrogens is 1. The van der Waals surface area contributed by atoms with E-state index in [4.69, 9.17) is 0 Å². The van der Waals surface area contributed by atoms with Crippen LogP contribution in [0, 0.1) is 10.1 Å². The van der Waals surface area contributed by atoms with Crippen LogP contribution in [0.15, 0.2) is 18.3 Å². The Kier molecular flexibility index (Phi) is 3.31. The van der Waals surface area contributed by atoms with Gasteiger partial charge in [0.25, 0.3) is 0 Å². The van der Waals surface area contributed by atoms with Crippen LogP contribution in [0.25, 0.3) is 0 Å². The van der Waals surface area contributed by atoms with E-state index >= 15 is 0 Å². The summed E-state index contributed by atoms with van der Waals surface area (Å²) in [4.78, 5) is 16.6. The number of anilines is 1. The van der Waals surface area contributed by atoms with Crippen molar-refractivity contribution >= 4 is 11.5 Å². The van der Waals surface area contributed by atoms with Crippen molar-refractivity contribution in [2.24, 2.45) is 0 Å². The fourth-order valence-electron chi connectivity index (χ4n) is 1.83. The summed E-state index contributed by atoms with van der Waals surface area (Å²) in [6.07, 6.45) is 2.58. The van der Waals surface area contributed by atoms with Crippen LogP contribution in [0.2, 0.25) is 0 Å². The highest BCUT2D eigenvalue weighted by molar-refractivity contribution is 5.57. The number of nitrogens with one attached hydrogen (secondary N) is 1. The molecule has 1 aromatic rings. The molecule has 16 heavy (non-hydrogen) atoms. The van der Waals surface area contributed by atoms with Crippen molar-refractivity contribution in [1.82, 2.24) is 10.3 Å². The molecule has 6 nitrogen and oxygen atoms in total. The predicted molar refractivity (Wildman–Crippen MR) is 60.6 cm³/mol. The van der Waals surface area contributed by atoms with E-state index in [9.17, 15) is 10.1 Å². The van der Waals surface area contributed by atoms with Gasteiger partial charge in [-0.3, -0.25) is 10.1 Å². The summed E-state index contributed by atoms with van der Waals surface area (Å²) in [6.45, 7) is 3.37. The van der Waals surface area contributed by atoms with Gasteiger partial charge in [-0.2, -0.15) is 0 Å². The second-order valence-corrected chi connectivity index (χ2v) is 3.69. The quantitative estimate of drug-likeness (QED) is 0.591. The first kappa shape index (κ1) is 10.8. The van der Waals surface area contributed by atoms with Crippen molar-refractivity contribution in [2.75, 3.05) is 31.1 Å². The molecule has 86 valence electrons. The molecule has 0 unspecified atom stereocenters. The van der Waals surface area contributed by atoms with E-state index in [1.165, 1.54) is 6.07 Å². The minimum atomic E-state index is -0.374. The van der Waals surface area contributed by atoms with Crippen LogP contribution in [0.1, 0.15) is 6.42 Å². The molecular formula is C10H14N4O2. The van der Waals surface area contributed by atoms with Gasteiger partial charge in [0.2, 0.25) is 5.82 Å². The molecule has 0 spiro atoms. The van der Waals surface area contributed by atoms with E-state index in [1.54, 1.807) is 12.3 Å². The monoisotopic (exact) mass is 222 g/mol. The second-order valence-electron chi connectivity index (χ2n) is 3.69. The first-order valence-corrected chi connectivity index (χ1v) is 5.34. The molecule has 0 aliphatic carbocycles. The van der Waals surface area contributed by atoms with E-state index in [0.29, 0.717) is 5.82 Å². The molecule has 0 radical (unpaired) electrons. The first-order chi connectivity index (χ1) is 7.79. The molecule has 1 aromatic heterocycles. The van der Waals surface area contributed by atoms with Crippen LogP contribution in [-0.4, -0.2) is 36.1 Å². The van der Waals surface area contributed by atoms with Crippen LogP contribution < -0.4 is 10.2 Å². The van der Waals surface area contributed by atoms with E-state index < -0.39 is 0 Å². The zero-order valence-electron chi connectivity index (χ0n) is 8.93. The zero-order valence-corrected chi connectivity index (χ0v) is 8.93. The van der Waals surface area contributed by atoms with Crippen LogP contribution >= 0.6 is 0 Å². The average molecular weight is 222 g/mol. The molecule has 2 heterocycles. The summed E-state index contributed by atoms with van der Waals surface area (Å²) in [5.41, 5.74) is 0.0874. The Morgan fingerprint density at radius 1 is 1.44 bits per heavy atom. The normalized spacial score (nSPS) is 16.9. The Hall–Kier alpha value is -1.69. The molecule has 1 aliphatic heterocycles. The molecule has 0 amide bonds. The van der Waals surface area contributed by atoms with Crippen LogP contribution in [-0.2, 0) is 0 Å². The molecule has 1 fully saturated rings. The number of pyridine rings is 1. The molecule has 1 saturated heterocycles. The van der Waals surface area contributed by atoms with Gasteiger partial charge in [0.1, 0.15) is 0 Å². The number of nitrogens with zero attached hydrogens (tertiary/aromatic N) is 3. The van der Waals surface area contributed by atoms with Crippen molar-refractivity contribution in [2.45, 2.75) is 6.42 Å². The summed E-state index contributed by atoms with van der Waals surface area (Å²) in [5, 5.41) is 14.1. The zero-order chi connectivity index (χ0) is 11.4. The van der Waals surface area contributed by atoms with Gasteiger partial charge in [0.15, 0.2) is 0 Å². The second kappa shape index (κ2) is 4.89. The smallest absolute Gasteiger partial charge is 0.311 e. The van der Waals surface area contributed by atoms with E-state index in [1.807, 2.05) is 4.90 Å². The van der Waals surface area contributed by atoms with Crippen LogP contribution in [0.4, 0.5) is 11.5 Å². The van der Waals surface area contributed by atoms with Crippen molar-refractivity contribution in [3.63, 3.8) is 0 Å². The van der Waals surface area contributed by atoms with E-state index in [2.05, 4.69) is 10.3 Å². The van der Waals surface area contributed by atoms with Gasteiger partial charge in [-0.1, -0.05) is 0 Å². The summed E-state index contributed by atoms with van der Waals surface area (Å²) in [7, 11) is 0. The minimum Gasteiger partial charge on any atom is -0.350 e. The Morgan fingerprint density at radius 3 is 3.12 bits per heavy atom. The Bertz CT molecular complexity index is 375. The Labute approximate surface area is 93.4 Å². The lowest BCUT2D eigenvalue weighted by Gasteiger charge is -2.20. The maximum atomic E-state index is 10.9. The molecule has 0 bridgehead atoms. The van der Waals surface area contributed by atoms with Gasteiger partial charge in [0, 0.05) is 31.9 Å². The Morgan fingerprint density at radius 2 is 2.31 bits per heavy atom. The molecular weight excluding hydrogens is 208 g/mol. The first-order valence-electron chi connectivity index (χ1n) is 5.34. The third kappa shape index (κ3) is 2.27. The molecule has 0 aromatic carbocycles. The van der Waals surface area contributed by atoms with Crippen LogP contribution in [0.3, 0.4) is 0 Å². The summed E-state index contributed by atoms with van der Waals surface area (Å²) in [5.74, 6) is 0.483. The molecule has 2 rings (SSSR count). The van der Waals surface area contributed by atoms with E-state index in [-0.39, 0.29) is 10.6 Å².